The largest absolute Gasteiger partial charge is 0.301 e. The Morgan fingerprint density at radius 1 is 1.58 bits per heavy atom. The highest BCUT2D eigenvalue weighted by molar-refractivity contribution is 14.1. The molecule has 0 unspecified atom stereocenters. The van der Waals surface area contributed by atoms with Gasteiger partial charge in [0.05, 0.1) is 3.57 Å². The molecule has 0 aliphatic heterocycles. The maximum atomic E-state index is 13.1. The van der Waals surface area contributed by atoms with Gasteiger partial charge in [0.1, 0.15) is 5.65 Å². The molecule has 0 spiro atoms. The highest BCUT2D eigenvalue weighted by Crippen LogP contribution is 2.14. The molecule has 0 amide bonds. The van der Waals surface area contributed by atoms with Crippen LogP contribution in [0.5, 0.6) is 0 Å². The normalized spacial score (nSPS) is 10.9. The third-order valence-electron chi connectivity index (χ3n) is 1.74. The summed E-state index contributed by atoms with van der Waals surface area (Å²) >= 11 is 1.95. The molecule has 0 aliphatic carbocycles. The van der Waals surface area contributed by atoms with Crippen molar-refractivity contribution in [3.05, 3.63) is 33.5 Å². The van der Waals surface area contributed by atoms with Gasteiger partial charge in [0.25, 0.3) is 0 Å². The summed E-state index contributed by atoms with van der Waals surface area (Å²) in [6.07, 6.45) is 3.18. The van der Waals surface area contributed by atoms with Gasteiger partial charge >= 0.3 is 0 Å². The molecule has 62 valence electrons. The van der Waals surface area contributed by atoms with E-state index in [-0.39, 0.29) is 5.82 Å². The third-order valence-corrected chi connectivity index (χ3v) is 2.56. The Balaban J connectivity index is 2.87. The van der Waals surface area contributed by atoms with Crippen LogP contribution in [0.4, 0.5) is 4.39 Å². The summed E-state index contributed by atoms with van der Waals surface area (Å²) in [6.45, 7) is 1.90. The van der Waals surface area contributed by atoms with Crippen molar-refractivity contribution in [1.82, 2.24) is 9.38 Å². The van der Waals surface area contributed by atoms with Gasteiger partial charge in [-0.05, 0) is 35.6 Å². The molecule has 2 nitrogen and oxygen atoms in total. The molecule has 0 saturated carbocycles. The van der Waals surface area contributed by atoms with Crippen molar-refractivity contribution in [1.29, 1.82) is 0 Å². The first-order valence-corrected chi connectivity index (χ1v) is 4.55. The van der Waals surface area contributed by atoms with Gasteiger partial charge in [-0.25, -0.2) is 9.37 Å². The fraction of sp³-hybridized carbons (Fsp3) is 0.125. The Kier molecular flexibility index (Phi) is 1.79. The molecule has 0 bridgehead atoms. The number of pyridine rings is 1. The second-order valence-electron chi connectivity index (χ2n) is 2.60. The quantitative estimate of drug-likeness (QED) is 0.675. The molecule has 0 N–H and O–H groups in total. The Bertz CT molecular complexity index is 436. The number of aryl methyl sites for hydroxylation is 1. The zero-order valence-corrected chi connectivity index (χ0v) is 8.54. The average Bonchev–Trinajstić information content (AvgIpc) is 2.35. The molecule has 0 fully saturated rings. The molecular weight excluding hydrogens is 270 g/mol. The van der Waals surface area contributed by atoms with E-state index in [1.54, 1.807) is 16.7 Å². The van der Waals surface area contributed by atoms with E-state index in [0.717, 1.165) is 11.3 Å². The number of fused-ring (bicyclic) bond motifs is 1. The maximum Gasteiger partial charge on any atom is 0.153 e. The molecule has 2 rings (SSSR count). The Morgan fingerprint density at radius 2 is 2.33 bits per heavy atom. The van der Waals surface area contributed by atoms with Crippen LogP contribution in [0.15, 0.2) is 18.5 Å². The van der Waals surface area contributed by atoms with Crippen molar-refractivity contribution in [2.24, 2.45) is 0 Å². The van der Waals surface area contributed by atoms with E-state index < -0.39 is 0 Å². The number of aromatic nitrogens is 2. The molecule has 2 aromatic rings. The van der Waals surface area contributed by atoms with E-state index in [9.17, 15) is 4.39 Å². The summed E-state index contributed by atoms with van der Waals surface area (Å²) in [4.78, 5) is 4.11. The molecule has 0 aliphatic rings. The monoisotopic (exact) mass is 276 g/mol. The molecule has 4 heteroatoms. The van der Waals surface area contributed by atoms with Crippen LogP contribution < -0.4 is 0 Å². The summed E-state index contributed by atoms with van der Waals surface area (Å²) in [6, 6.07) is 1.73. The molecule has 0 radical (unpaired) electrons. The van der Waals surface area contributed by atoms with Gasteiger partial charge < -0.3 is 4.40 Å². The van der Waals surface area contributed by atoms with E-state index in [4.69, 9.17) is 0 Å². The Labute approximate surface area is 82.6 Å². The van der Waals surface area contributed by atoms with Crippen molar-refractivity contribution >= 4 is 28.2 Å². The van der Waals surface area contributed by atoms with E-state index in [1.807, 2.05) is 29.5 Å². The number of hydrogen-bond donors (Lipinski definition) is 0. The average molecular weight is 276 g/mol. The van der Waals surface area contributed by atoms with Gasteiger partial charge in [0.15, 0.2) is 5.82 Å². The van der Waals surface area contributed by atoms with Gasteiger partial charge in [-0.2, -0.15) is 0 Å². The van der Waals surface area contributed by atoms with Gasteiger partial charge in [0.2, 0.25) is 0 Å². The van der Waals surface area contributed by atoms with Crippen LogP contribution in [0, 0.1) is 16.3 Å². The van der Waals surface area contributed by atoms with Crippen molar-refractivity contribution in [2.75, 3.05) is 0 Å². The lowest BCUT2D eigenvalue weighted by Crippen LogP contribution is -1.91. The van der Waals surface area contributed by atoms with Crippen LogP contribution in [0.1, 0.15) is 5.69 Å². The predicted octanol–water partition coefficient (Wildman–Crippen LogP) is 2.39. The van der Waals surface area contributed by atoms with E-state index in [2.05, 4.69) is 4.98 Å². The minimum absolute atomic E-state index is 0.204. The summed E-state index contributed by atoms with van der Waals surface area (Å²) in [5.74, 6) is -0.204. The number of rotatable bonds is 0. The number of nitrogens with zero attached hydrogens (tertiary/aromatic N) is 2. The minimum atomic E-state index is -0.204. The summed E-state index contributed by atoms with van der Waals surface area (Å²) in [7, 11) is 0. The van der Waals surface area contributed by atoms with Crippen LogP contribution in [0.25, 0.3) is 5.65 Å². The summed E-state index contributed by atoms with van der Waals surface area (Å²) in [5, 5.41) is 0. The van der Waals surface area contributed by atoms with E-state index in [0.29, 0.717) is 3.57 Å². The first kappa shape index (κ1) is 7.97. The molecule has 12 heavy (non-hydrogen) atoms. The fourth-order valence-electron chi connectivity index (χ4n) is 1.10. The predicted molar refractivity (Wildman–Crippen MR) is 52.6 cm³/mol. The summed E-state index contributed by atoms with van der Waals surface area (Å²) < 4.78 is 15.4. The SMILES string of the molecule is Cc1cnc2cc(I)c(F)cn12. The van der Waals surface area contributed by atoms with Crippen molar-refractivity contribution in [3.8, 4) is 0 Å². The minimum Gasteiger partial charge on any atom is -0.301 e. The molecule has 0 saturated heterocycles. The first-order valence-electron chi connectivity index (χ1n) is 3.47. The van der Waals surface area contributed by atoms with Gasteiger partial charge in [-0.3, -0.25) is 0 Å². The highest BCUT2D eigenvalue weighted by atomic mass is 127. The number of hydrogen-bond acceptors (Lipinski definition) is 1. The molecule has 2 heterocycles. The van der Waals surface area contributed by atoms with Crippen LogP contribution >= 0.6 is 22.6 Å². The lowest BCUT2D eigenvalue weighted by molar-refractivity contribution is 0.611. The molecule has 0 aromatic carbocycles. The molecular formula is C8H6FIN2. The third kappa shape index (κ3) is 1.10. The number of halogens is 2. The molecule has 2 aromatic heterocycles. The first-order chi connectivity index (χ1) is 5.68. The lowest BCUT2D eigenvalue weighted by Gasteiger charge is -1.97. The van der Waals surface area contributed by atoms with Gasteiger partial charge in [-0.15, -0.1) is 0 Å². The second-order valence-corrected chi connectivity index (χ2v) is 3.76. The van der Waals surface area contributed by atoms with Crippen molar-refractivity contribution in [2.45, 2.75) is 6.92 Å². The summed E-state index contributed by atoms with van der Waals surface area (Å²) in [5.41, 5.74) is 1.73. The number of imidazole rings is 1. The van der Waals surface area contributed by atoms with E-state index >= 15 is 0 Å². The molecule has 0 atom stereocenters. The Morgan fingerprint density at radius 3 is 3.08 bits per heavy atom. The standard InChI is InChI=1S/C8H6FIN2/c1-5-3-11-8-2-7(10)6(9)4-12(5)8/h2-4H,1H3. The van der Waals surface area contributed by atoms with Gasteiger partial charge in [-0.1, -0.05) is 0 Å². The van der Waals surface area contributed by atoms with Crippen molar-refractivity contribution < 1.29 is 4.39 Å². The van der Waals surface area contributed by atoms with Crippen molar-refractivity contribution in [3.63, 3.8) is 0 Å². The Hall–Kier alpha value is -0.650. The van der Waals surface area contributed by atoms with Crippen LogP contribution in [-0.4, -0.2) is 9.38 Å². The fourth-order valence-corrected chi connectivity index (χ4v) is 1.51. The second kappa shape index (κ2) is 2.69. The topological polar surface area (TPSA) is 17.3 Å². The zero-order chi connectivity index (χ0) is 8.72. The van der Waals surface area contributed by atoms with Gasteiger partial charge in [0, 0.05) is 18.1 Å². The highest BCUT2D eigenvalue weighted by Gasteiger charge is 2.03. The van der Waals surface area contributed by atoms with Crippen LogP contribution in [-0.2, 0) is 0 Å². The van der Waals surface area contributed by atoms with Crippen LogP contribution in [0.3, 0.4) is 0 Å². The maximum absolute atomic E-state index is 13.1. The smallest absolute Gasteiger partial charge is 0.153 e. The van der Waals surface area contributed by atoms with E-state index in [1.165, 1.54) is 6.20 Å². The van der Waals surface area contributed by atoms with Crippen LogP contribution in [0.2, 0.25) is 0 Å². The lowest BCUT2D eigenvalue weighted by atomic mass is 10.4. The zero-order valence-electron chi connectivity index (χ0n) is 6.38.